The predicted molar refractivity (Wildman–Crippen MR) is 90.0 cm³/mol. The molecule has 0 spiro atoms. The Bertz CT molecular complexity index is 541. The summed E-state index contributed by atoms with van der Waals surface area (Å²) in [5.74, 6) is 0.957. The van der Waals surface area contributed by atoms with Gasteiger partial charge in [0, 0.05) is 17.5 Å². The number of nitrogens with zero attached hydrogens (tertiary/aromatic N) is 1. The maximum absolute atomic E-state index is 5.99. The molecule has 2 aromatic rings. The average molecular weight is 304 g/mol. The summed E-state index contributed by atoms with van der Waals surface area (Å²) in [5.41, 5.74) is 7.23. The first-order chi connectivity index (χ1) is 10.2. The average Bonchev–Trinajstić information content (AvgIpc) is 3.02. The molecule has 1 aromatic carbocycles. The number of benzene rings is 1. The van der Waals surface area contributed by atoms with Crippen LogP contribution in [-0.4, -0.2) is 31.6 Å². The summed E-state index contributed by atoms with van der Waals surface area (Å²) < 4.78 is 5.44. The molecule has 1 aromatic heterocycles. The molecular weight excluding hydrogens is 280 g/mol. The lowest BCUT2D eigenvalue weighted by Gasteiger charge is -2.32. The first kappa shape index (κ1) is 16.0. The molecule has 0 radical (unpaired) electrons. The molecule has 2 N–H and O–H groups in total. The van der Waals surface area contributed by atoms with E-state index in [1.165, 1.54) is 10.4 Å². The number of ether oxygens (including phenoxy) is 1. The summed E-state index contributed by atoms with van der Waals surface area (Å²) in [5, 5.41) is 2.11. The van der Waals surface area contributed by atoms with Crippen molar-refractivity contribution in [3.8, 4) is 5.75 Å². The SMILES string of the molecule is COc1ccccc1CC(C)N(C)C(CN)c1cccs1. The Morgan fingerprint density at radius 3 is 2.62 bits per heavy atom. The normalized spacial score (nSPS) is 14.1. The van der Waals surface area contributed by atoms with Gasteiger partial charge in [0.05, 0.1) is 13.2 Å². The minimum absolute atomic E-state index is 0.273. The molecule has 3 nitrogen and oxygen atoms in total. The van der Waals surface area contributed by atoms with Gasteiger partial charge in [-0.1, -0.05) is 24.3 Å². The summed E-state index contributed by atoms with van der Waals surface area (Å²) >= 11 is 1.77. The van der Waals surface area contributed by atoms with Crippen LogP contribution >= 0.6 is 11.3 Å². The van der Waals surface area contributed by atoms with E-state index in [9.17, 15) is 0 Å². The van der Waals surface area contributed by atoms with Crippen molar-refractivity contribution in [3.05, 3.63) is 52.2 Å². The third kappa shape index (κ3) is 3.84. The Morgan fingerprint density at radius 1 is 1.24 bits per heavy atom. The van der Waals surface area contributed by atoms with Crippen molar-refractivity contribution < 1.29 is 4.74 Å². The van der Waals surface area contributed by atoms with Crippen molar-refractivity contribution >= 4 is 11.3 Å². The second-order valence-corrected chi connectivity index (χ2v) is 6.28. The van der Waals surface area contributed by atoms with E-state index in [-0.39, 0.29) is 6.04 Å². The van der Waals surface area contributed by atoms with Crippen LogP contribution in [0, 0.1) is 0 Å². The van der Waals surface area contributed by atoms with Crippen LogP contribution in [0.25, 0.3) is 0 Å². The molecule has 0 aliphatic carbocycles. The topological polar surface area (TPSA) is 38.5 Å². The fourth-order valence-electron chi connectivity index (χ4n) is 2.61. The monoisotopic (exact) mass is 304 g/mol. The molecule has 0 amide bonds. The highest BCUT2D eigenvalue weighted by Crippen LogP contribution is 2.27. The number of methoxy groups -OCH3 is 1. The second kappa shape index (κ2) is 7.59. The van der Waals surface area contributed by atoms with Gasteiger partial charge in [-0.3, -0.25) is 4.90 Å². The minimum atomic E-state index is 0.273. The van der Waals surface area contributed by atoms with E-state index in [2.05, 4.69) is 48.5 Å². The predicted octanol–water partition coefficient (Wildman–Crippen LogP) is 3.32. The van der Waals surface area contributed by atoms with Gasteiger partial charge in [0.15, 0.2) is 0 Å². The van der Waals surface area contributed by atoms with Crippen LogP contribution in [0.3, 0.4) is 0 Å². The van der Waals surface area contributed by atoms with E-state index < -0.39 is 0 Å². The maximum atomic E-state index is 5.99. The molecule has 0 bridgehead atoms. The Labute approximate surface area is 131 Å². The van der Waals surface area contributed by atoms with Gasteiger partial charge in [-0.05, 0) is 43.5 Å². The van der Waals surface area contributed by atoms with E-state index >= 15 is 0 Å². The Hall–Kier alpha value is -1.36. The van der Waals surface area contributed by atoms with E-state index in [1.54, 1.807) is 18.4 Å². The smallest absolute Gasteiger partial charge is 0.122 e. The molecule has 114 valence electrons. The summed E-state index contributed by atoms with van der Waals surface area (Å²) in [4.78, 5) is 3.69. The quantitative estimate of drug-likeness (QED) is 0.853. The first-order valence-electron chi connectivity index (χ1n) is 7.24. The fraction of sp³-hybridized carbons (Fsp3) is 0.412. The minimum Gasteiger partial charge on any atom is -0.496 e. The lowest BCUT2D eigenvalue weighted by Crippen LogP contribution is -2.37. The fourth-order valence-corrected chi connectivity index (χ4v) is 3.50. The van der Waals surface area contributed by atoms with Crippen LogP contribution in [0.2, 0.25) is 0 Å². The van der Waals surface area contributed by atoms with Crippen molar-refractivity contribution in [1.82, 2.24) is 4.90 Å². The summed E-state index contributed by atoms with van der Waals surface area (Å²) in [7, 11) is 3.87. The van der Waals surface area contributed by atoms with Gasteiger partial charge in [0.1, 0.15) is 5.75 Å². The maximum Gasteiger partial charge on any atom is 0.122 e. The molecule has 4 heteroatoms. The summed E-state index contributed by atoms with van der Waals surface area (Å²) in [6.45, 7) is 2.87. The van der Waals surface area contributed by atoms with E-state index in [1.807, 2.05) is 12.1 Å². The molecule has 0 aliphatic rings. The standard InChI is InChI=1S/C17H24N2OS/c1-13(11-14-7-4-5-8-16(14)20-3)19(2)15(12-18)17-9-6-10-21-17/h4-10,13,15H,11-12,18H2,1-3H3. The Balaban J connectivity index is 2.10. The molecule has 0 fully saturated rings. The molecule has 0 aliphatic heterocycles. The molecular formula is C17H24N2OS. The van der Waals surface area contributed by atoms with E-state index in [4.69, 9.17) is 10.5 Å². The highest BCUT2D eigenvalue weighted by Gasteiger charge is 2.22. The van der Waals surface area contributed by atoms with Gasteiger partial charge in [-0.2, -0.15) is 0 Å². The lowest BCUT2D eigenvalue weighted by molar-refractivity contribution is 0.189. The van der Waals surface area contributed by atoms with Crippen LogP contribution in [0.4, 0.5) is 0 Å². The molecule has 1 heterocycles. The number of thiophene rings is 1. The zero-order valence-corrected chi connectivity index (χ0v) is 13.8. The first-order valence-corrected chi connectivity index (χ1v) is 8.12. The molecule has 0 saturated carbocycles. The van der Waals surface area contributed by atoms with Gasteiger partial charge >= 0.3 is 0 Å². The number of likely N-dealkylation sites (N-methyl/N-ethyl adjacent to an activating group) is 1. The van der Waals surface area contributed by atoms with Gasteiger partial charge in [0.25, 0.3) is 0 Å². The van der Waals surface area contributed by atoms with Crippen molar-refractivity contribution in [2.24, 2.45) is 5.73 Å². The molecule has 0 saturated heterocycles. The summed E-state index contributed by atoms with van der Waals surface area (Å²) in [6, 6.07) is 13.1. The van der Waals surface area contributed by atoms with Gasteiger partial charge in [-0.25, -0.2) is 0 Å². The van der Waals surface area contributed by atoms with Crippen LogP contribution in [0.15, 0.2) is 41.8 Å². The van der Waals surface area contributed by atoms with Crippen LogP contribution in [-0.2, 0) is 6.42 Å². The zero-order valence-electron chi connectivity index (χ0n) is 13.0. The molecule has 2 rings (SSSR count). The molecule has 2 unspecified atom stereocenters. The Kier molecular flexibility index (Phi) is 5.79. The lowest BCUT2D eigenvalue weighted by atomic mass is 10.0. The number of rotatable bonds is 7. The Morgan fingerprint density at radius 2 is 2.00 bits per heavy atom. The third-order valence-electron chi connectivity index (χ3n) is 3.99. The largest absolute Gasteiger partial charge is 0.496 e. The number of hydrogen-bond donors (Lipinski definition) is 1. The zero-order chi connectivity index (χ0) is 15.2. The number of para-hydroxylation sites is 1. The number of nitrogens with two attached hydrogens (primary N) is 1. The van der Waals surface area contributed by atoms with Crippen molar-refractivity contribution in [2.45, 2.75) is 25.4 Å². The van der Waals surface area contributed by atoms with E-state index in [0.717, 1.165) is 12.2 Å². The van der Waals surface area contributed by atoms with Crippen molar-refractivity contribution in [3.63, 3.8) is 0 Å². The second-order valence-electron chi connectivity index (χ2n) is 5.30. The molecule has 21 heavy (non-hydrogen) atoms. The van der Waals surface area contributed by atoms with Crippen LogP contribution in [0.1, 0.15) is 23.4 Å². The van der Waals surface area contributed by atoms with Gasteiger partial charge in [0.2, 0.25) is 0 Å². The van der Waals surface area contributed by atoms with E-state index in [0.29, 0.717) is 12.6 Å². The third-order valence-corrected chi connectivity index (χ3v) is 4.96. The highest BCUT2D eigenvalue weighted by atomic mass is 32.1. The summed E-state index contributed by atoms with van der Waals surface area (Å²) in [6.07, 6.45) is 0.947. The van der Waals surface area contributed by atoms with Gasteiger partial charge in [-0.15, -0.1) is 11.3 Å². The van der Waals surface area contributed by atoms with Crippen molar-refractivity contribution in [2.75, 3.05) is 20.7 Å². The molecule has 2 atom stereocenters. The number of hydrogen-bond acceptors (Lipinski definition) is 4. The van der Waals surface area contributed by atoms with Crippen LogP contribution in [0.5, 0.6) is 5.75 Å². The van der Waals surface area contributed by atoms with Crippen LogP contribution < -0.4 is 10.5 Å². The van der Waals surface area contributed by atoms with Crippen molar-refractivity contribution in [1.29, 1.82) is 0 Å². The van der Waals surface area contributed by atoms with Gasteiger partial charge < -0.3 is 10.5 Å². The highest BCUT2D eigenvalue weighted by molar-refractivity contribution is 7.10.